The minimum atomic E-state index is -0.482. The van der Waals surface area contributed by atoms with Crippen LogP contribution >= 0.6 is 0 Å². The second-order valence-electron chi connectivity index (χ2n) is 6.01. The fraction of sp³-hybridized carbons (Fsp3) is 0.643. The normalized spacial score (nSPS) is 28.5. The number of nitrogens with zero attached hydrogens (tertiary/aromatic N) is 4. The lowest BCUT2D eigenvalue weighted by molar-refractivity contribution is -0.127. The number of aliphatic imine (C=N–C) groups is 1. The zero-order chi connectivity index (χ0) is 15.9. The van der Waals surface area contributed by atoms with E-state index in [2.05, 4.69) is 22.1 Å². The molecule has 2 atom stereocenters. The summed E-state index contributed by atoms with van der Waals surface area (Å²) in [4.78, 5) is 34.5. The monoisotopic (exact) mass is 306 g/mol. The van der Waals surface area contributed by atoms with Crippen LogP contribution in [0.2, 0.25) is 0 Å². The number of carbonyl (C=O) groups is 2. The first-order valence-electron chi connectivity index (χ1n) is 7.51. The SMILES string of the molecule is C=C(C)CN1C(N2CCNCC2)=NC2C1C(=O)NC(=O)N2C. The molecule has 22 heavy (non-hydrogen) atoms. The van der Waals surface area contributed by atoms with Gasteiger partial charge in [0.05, 0.1) is 0 Å². The van der Waals surface area contributed by atoms with Crippen molar-refractivity contribution in [2.75, 3.05) is 39.8 Å². The van der Waals surface area contributed by atoms with E-state index in [-0.39, 0.29) is 5.91 Å². The van der Waals surface area contributed by atoms with Gasteiger partial charge in [0, 0.05) is 39.8 Å². The quantitative estimate of drug-likeness (QED) is 0.641. The Bertz CT molecular complexity index is 539. The molecular weight excluding hydrogens is 284 g/mol. The summed E-state index contributed by atoms with van der Waals surface area (Å²) in [7, 11) is 1.67. The second kappa shape index (κ2) is 5.60. The van der Waals surface area contributed by atoms with Crippen LogP contribution in [0.15, 0.2) is 17.1 Å². The minimum Gasteiger partial charge on any atom is -0.340 e. The lowest BCUT2D eigenvalue weighted by Gasteiger charge is -2.38. The van der Waals surface area contributed by atoms with E-state index in [1.54, 1.807) is 7.05 Å². The number of hydrogen-bond acceptors (Lipinski definition) is 6. The maximum absolute atomic E-state index is 12.3. The van der Waals surface area contributed by atoms with Crippen molar-refractivity contribution in [2.24, 2.45) is 4.99 Å². The number of carbonyl (C=O) groups excluding carboxylic acids is 2. The molecule has 2 fully saturated rings. The van der Waals surface area contributed by atoms with E-state index in [1.807, 2.05) is 11.8 Å². The molecule has 0 aromatic heterocycles. The lowest BCUT2D eigenvalue weighted by atomic mass is 10.1. The standard InChI is InChI=1S/C14H22N6O2/c1-9(2)8-20-10-11(18(3)14(22)17-12(10)21)16-13(20)19-6-4-15-5-7-19/h10-11,15H,1,4-8H2,2-3H3,(H,17,21,22). The second-order valence-corrected chi connectivity index (χ2v) is 6.01. The van der Waals surface area contributed by atoms with Crippen molar-refractivity contribution in [3.8, 4) is 0 Å². The number of imide groups is 1. The van der Waals surface area contributed by atoms with Crippen molar-refractivity contribution in [3.05, 3.63) is 12.2 Å². The summed E-state index contributed by atoms with van der Waals surface area (Å²) in [5, 5.41) is 5.70. The largest absolute Gasteiger partial charge is 0.340 e. The van der Waals surface area contributed by atoms with Crippen LogP contribution in [0.25, 0.3) is 0 Å². The number of nitrogens with one attached hydrogen (secondary N) is 2. The third kappa shape index (κ3) is 2.43. The van der Waals surface area contributed by atoms with Gasteiger partial charge >= 0.3 is 6.03 Å². The first-order chi connectivity index (χ1) is 10.5. The van der Waals surface area contributed by atoms with Gasteiger partial charge in [-0.25, -0.2) is 9.79 Å². The van der Waals surface area contributed by atoms with Gasteiger partial charge in [-0.3, -0.25) is 10.1 Å². The van der Waals surface area contributed by atoms with Crippen LogP contribution in [0, 0.1) is 0 Å². The van der Waals surface area contributed by atoms with Crippen molar-refractivity contribution in [1.82, 2.24) is 25.3 Å². The van der Waals surface area contributed by atoms with Gasteiger partial charge in [0.1, 0.15) is 0 Å². The molecule has 0 aliphatic carbocycles. The Balaban J connectivity index is 1.92. The van der Waals surface area contributed by atoms with Gasteiger partial charge in [0.2, 0.25) is 0 Å². The number of fused-ring (bicyclic) bond motifs is 1. The van der Waals surface area contributed by atoms with Crippen molar-refractivity contribution in [3.63, 3.8) is 0 Å². The molecule has 0 spiro atoms. The third-order valence-electron chi connectivity index (χ3n) is 4.18. The zero-order valence-electron chi connectivity index (χ0n) is 13.0. The van der Waals surface area contributed by atoms with E-state index >= 15 is 0 Å². The molecular formula is C14H22N6O2. The highest BCUT2D eigenvalue weighted by Gasteiger charge is 2.49. The average molecular weight is 306 g/mol. The van der Waals surface area contributed by atoms with Gasteiger partial charge in [0.25, 0.3) is 5.91 Å². The summed E-state index contributed by atoms with van der Waals surface area (Å²) in [5.41, 5.74) is 0.954. The zero-order valence-corrected chi connectivity index (χ0v) is 13.0. The van der Waals surface area contributed by atoms with Gasteiger partial charge in [-0.2, -0.15) is 0 Å². The first kappa shape index (κ1) is 14.8. The van der Waals surface area contributed by atoms with E-state index in [0.717, 1.165) is 37.7 Å². The van der Waals surface area contributed by atoms with Gasteiger partial charge in [-0.15, -0.1) is 0 Å². The molecule has 0 bridgehead atoms. The highest BCUT2D eigenvalue weighted by Crippen LogP contribution is 2.26. The molecule has 0 radical (unpaired) electrons. The summed E-state index contributed by atoms with van der Waals surface area (Å²) in [6, 6.07) is -0.879. The molecule has 3 amide bonds. The lowest BCUT2D eigenvalue weighted by Crippen LogP contribution is -2.64. The van der Waals surface area contributed by atoms with Gasteiger partial charge in [-0.1, -0.05) is 12.2 Å². The van der Waals surface area contributed by atoms with Crippen molar-refractivity contribution in [2.45, 2.75) is 19.1 Å². The molecule has 3 rings (SSSR count). The molecule has 8 heteroatoms. The molecule has 120 valence electrons. The van der Waals surface area contributed by atoms with Gasteiger partial charge in [-0.05, 0) is 6.92 Å². The molecule has 0 aromatic rings. The Kier molecular flexibility index (Phi) is 3.78. The molecule has 2 unspecified atom stereocenters. The van der Waals surface area contributed by atoms with Crippen LogP contribution in [0.5, 0.6) is 0 Å². The number of likely N-dealkylation sites (N-methyl/N-ethyl adjacent to an activating group) is 1. The van der Waals surface area contributed by atoms with E-state index in [0.29, 0.717) is 6.54 Å². The Labute approximate surface area is 129 Å². The summed E-state index contributed by atoms with van der Waals surface area (Å²) in [5.74, 6) is 0.499. The number of rotatable bonds is 2. The summed E-state index contributed by atoms with van der Waals surface area (Å²) in [6.45, 7) is 9.88. The van der Waals surface area contributed by atoms with Crippen LogP contribution in [-0.2, 0) is 4.79 Å². The van der Waals surface area contributed by atoms with Crippen LogP contribution in [0.4, 0.5) is 4.79 Å². The van der Waals surface area contributed by atoms with Gasteiger partial charge in [0.15, 0.2) is 18.2 Å². The summed E-state index contributed by atoms with van der Waals surface area (Å²) < 4.78 is 0. The number of guanidine groups is 1. The fourth-order valence-corrected chi connectivity index (χ4v) is 3.10. The fourth-order valence-electron chi connectivity index (χ4n) is 3.10. The Hall–Kier alpha value is -2.09. The third-order valence-corrected chi connectivity index (χ3v) is 4.18. The smallest absolute Gasteiger partial charge is 0.325 e. The Morgan fingerprint density at radius 3 is 2.68 bits per heavy atom. The molecule has 3 heterocycles. The predicted molar refractivity (Wildman–Crippen MR) is 82.3 cm³/mol. The highest BCUT2D eigenvalue weighted by atomic mass is 16.2. The molecule has 2 saturated heterocycles. The van der Waals surface area contributed by atoms with E-state index in [4.69, 9.17) is 4.99 Å². The molecule has 2 N–H and O–H groups in total. The number of urea groups is 1. The minimum absolute atomic E-state index is 0.289. The van der Waals surface area contributed by atoms with Crippen LogP contribution in [0.1, 0.15) is 6.92 Å². The van der Waals surface area contributed by atoms with Crippen molar-refractivity contribution in [1.29, 1.82) is 0 Å². The van der Waals surface area contributed by atoms with E-state index < -0.39 is 18.2 Å². The average Bonchev–Trinajstić information content (AvgIpc) is 2.85. The van der Waals surface area contributed by atoms with Crippen LogP contribution in [-0.4, -0.2) is 84.6 Å². The maximum atomic E-state index is 12.3. The van der Waals surface area contributed by atoms with Crippen LogP contribution < -0.4 is 10.6 Å². The van der Waals surface area contributed by atoms with Crippen molar-refractivity contribution < 1.29 is 9.59 Å². The van der Waals surface area contributed by atoms with Crippen molar-refractivity contribution >= 4 is 17.9 Å². The molecule has 0 saturated carbocycles. The molecule has 8 nitrogen and oxygen atoms in total. The van der Waals surface area contributed by atoms with E-state index in [9.17, 15) is 9.59 Å². The summed E-state index contributed by atoms with van der Waals surface area (Å²) >= 11 is 0. The Morgan fingerprint density at radius 2 is 2.05 bits per heavy atom. The van der Waals surface area contributed by atoms with Crippen LogP contribution in [0.3, 0.4) is 0 Å². The number of amides is 3. The van der Waals surface area contributed by atoms with Gasteiger partial charge < -0.3 is 20.0 Å². The summed E-state index contributed by atoms with van der Waals surface area (Å²) in [6.07, 6.45) is -0.467. The highest BCUT2D eigenvalue weighted by molar-refractivity contribution is 6.03. The molecule has 3 aliphatic rings. The molecule has 0 aromatic carbocycles. The maximum Gasteiger partial charge on any atom is 0.325 e. The molecule has 3 aliphatic heterocycles. The number of hydrogen-bond donors (Lipinski definition) is 2. The number of piperazine rings is 1. The van der Waals surface area contributed by atoms with E-state index in [1.165, 1.54) is 4.90 Å². The Morgan fingerprint density at radius 1 is 1.36 bits per heavy atom. The first-order valence-corrected chi connectivity index (χ1v) is 7.51. The topological polar surface area (TPSA) is 80.3 Å². The predicted octanol–water partition coefficient (Wildman–Crippen LogP) is -0.984.